The topological polar surface area (TPSA) is 350 Å². The van der Waals surface area contributed by atoms with Gasteiger partial charge in [-0.1, -0.05) is 11.6 Å². The summed E-state index contributed by atoms with van der Waals surface area (Å²) >= 11 is 12.1. The smallest absolute Gasteiger partial charge is 0.184 e. The number of rotatable bonds is 20. The molecular weight excluding hydrogens is 1320 g/mol. The molecule has 506 valence electrons. The van der Waals surface area contributed by atoms with E-state index >= 15 is 0 Å². The predicted octanol–water partition coefficient (Wildman–Crippen LogP) is 17.6. The predicted molar refractivity (Wildman–Crippen MR) is 387 cm³/mol. The third-order valence-electron chi connectivity index (χ3n) is 15.8. The van der Waals surface area contributed by atoms with Crippen molar-refractivity contribution in [2.75, 3.05) is 21.3 Å². The Hall–Kier alpha value is -9.25. The number of aliphatic hydroxyl groups is 3. The van der Waals surface area contributed by atoms with Crippen LogP contribution < -0.4 is 21.3 Å². The fourth-order valence-electron chi connectivity index (χ4n) is 9.79. The highest BCUT2D eigenvalue weighted by molar-refractivity contribution is 7.16. The summed E-state index contributed by atoms with van der Waals surface area (Å²) in [5.41, 5.74) is 6.49. The number of hydrogen-bond acceptors (Lipinski definition) is 24. The number of anilines is 8. The van der Waals surface area contributed by atoms with Crippen molar-refractivity contribution in [1.82, 2.24) is 80.7 Å². The van der Waals surface area contributed by atoms with Gasteiger partial charge in [-0.25, -0.2) is 44.3 Å². The quantitative estimate of drug-likeness (QED) is 0.0338. The van der Waals surface area contributed by atoms with E-state index in [0.717, 1.165) is 104 Å². The molecule has 0 spiro atoms. The van der Waals surface area contributed by atoms with Crippen molar-refractivity contribution in [2.24, 2.45) is 0 Å². The van der Waals surface area contributed by atoms with E-state index in [2.05, 4.69) is 120 Å². The Morgan fingerprint density at radius 3 is 1.18 bits per heavy atom. The molecule has 11 N–H and O–H groups in total. The zero-order valence-corrected chi connectivity index (χ0v) is 56.7. The number of nitrogens with zero attached hydrogens (tertiary/aromatic N) is 13. The summed E-state index contributed by atoms with van der Waals surface area (Å²) < 4.78 is 14.0. The summed E-state index contributed by atoms with van der Waals surface area (Å²) in [5.74, 6) is 9.07. The molecular formula is C66H81ClFN21O3S4. The van der Waals surface area contributed by atoms with Crippen molar-refractivity contribution in [3.05, 3.63) is 162 Å². The van der Waals surface area contributed by atoms with Crippen LogP contribution in [0.2, 0.25) is 5.02 Å². The fourth-order valence-corrected chi connectivity index (χ4v) is 13.5. The van der Waals surface area contributed by atoms with Gasteiger partial charge in [0.1, 0.15) is 16.7 Å². The van der Waals surface area contributed by atoms with Crippen LogP contribution >= 0.6 is 56.9 Å². The lowest BCUT2D eigenvalue weighted by atomic mass is 10.3. The lowest BCUT2D eigenvalue weighted by Crippen LogP contribution is -2.00. The molecule has 0 radical (unpaired) electrons. The van der Waals surface area contributed by atoms with Gasteiger partial charge < -0.3 is 36.6 Å². The van der Waals surface area contributed by atoms with Crippen LogP contribution in [-0.2, 0) is 6.42 Å². The first kappa shape index (κ1) is 65.4. The number of thiophene rings is 4. The minimum Gasteiger partial charge on any atom is -0.388 e. The molecule has 4 aliphatic rings. The Labute approximate surface area is 582 Å². The molecule has 12 aromatic rings. The molecule has 12 aromatic heterocycles. The molecule has 4 aliphatic carbocycles. The highest BCUT2D eigenvalue weighted by Gasteiger charge is 2.29. The Bertz CT molecular complexity index is 4390. The van der Waals surface area contributed by atoms with Gasteiger partial charge >= 0.3 is 0 Å². The van der Waals surface area contributed by atoms with Gasteiger partial charge in [0, 0.05) is 124 Å². The maximum absolute atomic E-state index is 14.0. The molecule has 0 unspecified atom stereocenters. The van der Waals surface area contributed by atoms with Crippen molar-refractivity contribution in [3.63, 3.8) is 0 Å². The minimum absolute atomic E-state index is 0. The Morgan fingerprint density at radius 2 is 0.812 bits per heavy atom. The van der Waals surface area contributed by atoms with Gasteiger partial charge in [-0.15, -0.1) is 45.3 Å². The SMILES string of the molecule is C[C@@H](O)c1ccc(-c2ncc(F)c(Nc3cc(C4CC4)[nH]n3)n2)s1.Cc1cnc(-c2ccc([C@@H](C)O)s2)nc1Nc1cc(C2CC2)[nH]n1.Cc1cnc(-c2ccc([C@H](C)O)s2)nc1Nc1cc(C2CC2)[nH]n1.N#CCc1ccc(-c2ncc(Cl)c(Nc3cc(C4CC4)[nH]n3)n2)s1.[HH].[HH].[HH].[HH].[HH].[HH].[HH]. The molecule has 12 heterocycles. The van der Waals surface area contributed by atoms with Gasteiger partial charge in [0.05, 0.1) is 62.7 Å². The number of hydrogen-bond donors (Lipinski definition) is 11. The van der Waals surface area contributed by atoms with Crippen molar-refractivity contribution < 1.29 is 29.7 Å². The second kappa shape index (κ2) is 29.0. The van der Waals surface area contributed by atoms with E-state index in [4.69, 9.17) is 16.9 Å². The maximum Gasteiger partial charge on any atom is 0.184 e. The van der Waals surface area contributed by atoms with Crippen LogP contribution in [0.3, 0.4) is 0 Å². The first-order valence-electron chi connectivity index (χ1n) is 31.3. The van der Waals surface area contributed by atoms with Crippen LogP contribution in [-0.4, -0.2) is 96.0 Å². The molecule has 16 rings (SSSR count). The Kier molecular flexibility index (Phi) is 19.8. The Morgan fingerprint density at radius 1 is 0.490 bits per heavy atom. The Balaban J connectivity index is 0.000000211. The average molecular weight is 1400 g/mol. The largest absolute Gasteiger partial charge is 0.388 e. The van der Waals surface area contributed by atoms with Crippen molar-refractivity contribution in [3.8, 4) is 48.9 Å². The molecule has 96 heavy (non-hydrogen) atoms. The second-order valence-electron chi connectivity index (χ2n) is 23.9. The van der Waals surface area contributed by atoms with E-state index < -0.39 is 24.1 Å². The molecule has 0 aromatic carbocycles. The molecule has 4 fully saturated rings. The number of H-pyrrole nitrogens is 4. The summed E-state index contributed by atoms with van der Waals surface area (Å²) in [6.45, 7) is 9.15. The van der Waals surface area contributed by atoms with Gasteiger partial charge in [0.15, 0.2) is 64.0 Å². The second-order valence-corrected chi connectivity index (χ2v) is 28.8. The standard InChI is InChI=1S/2C17H19N5OS.C16H13ClN6S.C16H16FN5OS.7H2/c2*1-9-8-18-17(14-6-5-13(24-14)10(2)23)20-16(9)19-15-7-12(21-22-15)11-3-4-11;17-11-8-19-16(13-4-3-10(24-13)5-6-18)21-15(11)20-14-7-12(22-23-14)9-1-2-9;1-8(23)12-4-5-13(24-12)16-18-7-10(17)15(20-16)19-14-6-11(21-22-14)9-2-3-9;;;;;;;/h2*5-8,10-11,23H,3-4H2,1-2H3,(H2,18,19,20,21,22);3-4,7-9H,1-2,5H2,(H2,19,20,21,22,23);4-9,23H,2-3H2,1H3,(H2,18,19,20,21,22);7*1H/t2*10-;;8-;;;;;;;/m10.1......./s1. The maximum atomic E-state index is 14.0. The number of aryl methyl sites for hydroxylation is 2. The molecule has 30 heteroatoms. The van der Waals surface area contributed by atoms with E-state index in [0.29, 0.717) is 75.9 Å². The van der Waals surface area contributed by atoms with Crippen molar-refractivity contribution in [1.29, 1.82) is 5.26 Å². The third-order valence-corrected chi connectivity index (χ3v) is 20.9. The summed E-state index contributed by atoms with van der Waals surface area (Å²) in [6.07, 6.45) is 14.9. The monoisotopic (exact) mass is 1400 g/mol. The molecule has 0 amide bonds. The highest BCUT2D eigenvalue weighted by Crippen LogP contribution is 2.43. The number of nitriles is 1. The van der Waals surface area contributed by atoms with E-state index in [1.807, 2.05) is 74.5 Å². The van der Waals surface area contributed by atoms with Crippen LogP contribution in [0.1, 0.15) is 178 Å². The van der Waals surface area contributed by atoms with Crippen LogP contribution in [0.4, 0.5) is 50.9 Å². The molecule has 0 aliphatic heterocycles. The zero-order valence-electron chi connectivity index (χ0n) is 52.7. The van der Waals surface area contributed by atoms with Crippen LogP contribution in [0.5, 0.6) is 0 Å². The van der Waals surface area contributed by atoms with E-state index in [1.54, 1.807) is 39.4 Å². The number of halogens is 2. The highest BCUT2D eigenvalue weighted by atomic mass is 35.5. The lowest BCUT2D eigenvalue weighted by Gasteiger charge is -2.07. The summed E-state index contributed by atoms with van der Waals surface area (Å²) in [7, 11) is 0. The molecule has 3 atom stereocenters. The first-order valence-corrected chi connectivity index (χ1v) is 35.0. The van der Waals surface area contributed by atoms with Crippen LogP contribution in [0.15, 0.2) is 97.6 Å². The molecule has 0 bridgehead atoms. The number of aliphatic hydroxyl groups excluding tert-OH is 3. The number of aromatic amines is 4. The van der Waals surface area contributed by atoms with Gasteiger partial charge in [-0.05, 0) is 135 Å². The van der Waals surface area contributed by atoms with Crippen LogP contribution in [0.25, 0.3) is 42.8 Å². The van der Waals surface area contributed by atoms with E-state index in [9.17, 15) is 19.7 Å². The first-order chi connectivity index (χ1) is 46.5. The van der Waals surface area contributed by atoms with Crippen molar-refractivity contribution in [2.45, 2.75) is 134 Å². The van der Waals surface area contributed by atoms with Crippen molar-refractivity contribution >= 4 is 103 Å². The number of aromatic nitrogens is 16. The van der Waals surface area contributed by atoms with E-state index in [1.165, 1.54) is 95.3 Å². The van der Waals surface area contributed by atoms with Gasteiger partial charge in [0.25, 0.3) is 0 Å². The van der Waals surface area contributed by atoms with Crippen LogP contribution in [0, 0.1) is 31.0 Å². The molecule has 0 saturated heterocycles. The van der Waals surface area contributed by atoms with Gasteiger partial charge in [-0.2, -0.15) is 25.7 Å². The number of nitrogens with one attached hydrogen (secondary N) is 8. The summed E-state index contributed by atoms with van der Waals surface area (Å²) in [4.78, 5) is 42.4. The molecule has 4 saturated carbocycles. The summed E-state index contributed by atoms with van der Waals surface area (Å²) in [5, 5.41) is 80.0. The molecule has 24 nitrogen and oxygen atoms in total. The summed E-state index contributed by atoms with van der Waals surface area (Å²) in [6, 6.07) is 25.3. The van der Waals surface area contributed by atoms with Gasteiger partial charge in [-0.3, -0.25) is 20.4 Å². The lowest BCUT2D eigenvalue weighted by molar-refractivity contribution is 0.203. The average Bonchev–Trinajstić information content (AvgIpc) is 1.72. The fraction of sp³-hybridized carbons (Fsp3) is 0.318. The third kappa shape index (κ3) is 16.5. The van der Waals surface area contributed by atoms with Gasteiger partial charge in [0.2, 0.25) is 0 Å². The zero-order chi connectivity index (χ0) is 66.6. The minimum atomic E-state index is -0.549. The normalized spacial score (nSPS) is 15.0. The van der Waals surface area contributed by atoms with E-state index in [-0.39, 0.29) is 15.8 Å².